The van der Waals surface area contributed by atoms with E-state index >= 15 is 0 Å². The average molecular weight is 331 g/mol. The van der Waals surface area contributed by atoms with Gasteiger partial charge in [-0.25, -0.2) is 4.98 Å². The minimum atomic E-state index is 0.0151. The fraction of sp³-hybridized carbons (Fsp3) is 0.375. The van der Waals surface area contributed by atoms with Crippen LogP contribution in [-0.4, -0.2) is 60.7 Å². The number of ether oxygens (including phenoxy) is 2. The first kappa shape index (κ1) is 14.5. The molecule has 0 bridgehead atoms. The zero-order chi connectivity index (χ0) is 15.8. The highest BCUT2D eigenvalue weighted by Crippen LogP contribution is 2.36. The first-order valence-electron chi connectivity index (χ1n) is 7.54. The SMILES string of the molecule is CN1CCN(C(=O)c2csc(-c3ccc4c(c3)OCO4)n2)CC1. The van der Waals surface area contributed by atoms with Crippen molar-refractivity contribution in [1.29, 1.82) is 0 Å². The Morgan fingerprint density at radius 3 is 2.78 bits per heavy atom. The molecule has 0 saturated carbocycles. The molecule has 6 nitrogen and oxygen atoms in total. The van der Waals surface area contributed by atoms with Crippen LogP contribution in [0.2, 0.25) is 0 Å². The van der Waals surface area contributed by atoms with Crippen molar-refractivity contribution < 1.29 is 14.3 Å². The predicted molar refractivity (Wildman–Crippen MR) is 87.1 cm³/mol. The summed E-state index contributed by atoms with van der Waals surface area (Å²) in [6.45, 7) is 3.58. The number of likely N-dealkylation sites (N-methyl/N-ethyl adjacent to an activating group) is 1. The highest BCUT2D eigenvalue weighted by molar-refractivity contribution is 7.13. The number of aromatic nitrogens is 1. The summed E-state index contributed by atoms with van der Waals surface area (Å²) in [5.74, 6) is 1.49. The van der Waals surface area contributed by atoms with Gasteiger partial charge in [0.1, 0.15) is 10.7 Å². The van der Waals surface area contributed by atoms with E-state index in [9.17, 15) is 4.79 Å². The molecule has 23 heavy (non-hydrogen) atoms. The molecule has 4 rings (SSSR count). The van der Waals surface area contributed by atoms with Crippen LogP contribution in [0, 0.1) is 0 Å². The molecule has 0 spiro atoms. The second kappa shape index (κ2) is 5.82. The molecule has 120 valence electrons. The van der Waals surface area contributed by atoms with Crippen molar-refractivity contribution in [3.05, 3.63) is 29.3 Å². The molecule has 2 aliphatic rings. The molecule has 1 aromatic carbocycles. The number of benzene rings is 1. The van der Waals surface area contributed by atoms with Gasteiger partial charge in [0.05, 0.1) is 0 Å². The first-order chi connectivity index (χ1) is 11.2. The number of carbonyl (C=O) groups is 1. The van der Waals surface area contributed by atoms with E-state index in [1.165, 1.54) is 11.3 Å². The third-order valence-corrected chi connectivity index (χ3v) is 5.02. The number of hydrogen-bond donors (Lipinski definition) is 0. The normalized spacial score (nSPS) is 17.5. The van der Waals surface area contributed by atoms with Crippen LogP contribution in [0.5, 0.6) is 11.5 Å². The third kappa shape index (κ3) is 2.77. The lowest BCUT2D eigenvalue weighted by Crippen LogP contribution is -2.47. The molecular formula is C16H17N3O3S. The summed E-state index contributed by atoms with van der Waals surface area (Å²) in [6.07, 6.45) is 0. The van der Waals surface area contributed by atoms with Crippen LogP contribution in [0.25, 0.3) is 10.6 Å². The van der Waals surface area contributed by atoms with Crippen LogP contribution in [0.1, 0.15) is 10.5 Å². The fourth-order valence-electron chi connectivity index (χ4n) is 2.71. The highest BCUT2D eigenvalue weighted by Gasteiger charge is 2.23. The van der Waals surface area contributed by atoms with Gasteiger partial charge in [-0.3, -0.25) is 4.79 Å². The number of carbonyl (C=O) groups excluding carboxylic acids is 1. The monoisotopic (exact) mass is 331 g/mol. The van der Waals surface area contributed by atoms with E-state index in [0.29, 0.717) is 5.69 Å². The zero-order valence-electron chi connectivity index (χ0n) is 12.8. The number of hydrogen-bond acceptors (Lipinski definition) is 6. The van der Waals surface area contributed by atoms with Gasteiger partial charge < -0.3 is 19.3 Å². The van der Waals surface area contributed by atoms with Gasteiger partial charge in [-0.15, -0.1) is 11.3 Å². The molecule has 0 unspecified atom stereocenters. The third-order valence-electron chi connectivity index (χ3n) is 4.13. The number of nitrogens with zero attached hydrogens (tertiary/aromatic N) is 3. The van der Waals surface area contributed by atoms with Crippen molar-refractivity contribution in [2.45, 2.75) is 0 Å². The number of rotatable bonds is 2. The van der Waals surface area contributed by atoms with Gasteiger partial charge in [-0.2, -0.15) is 0 Å². The topological polar surface area (TPSA) is 54.9 Å². The van der Waals surface area contributed by atoms with Crippen LogP contribution in [0.3, 0.4) is 0 Å². The van der Waals surface area contributed by atoms with Crippen LogP contribution in [0.15, 0.2) is 23.6 Å². The second-order valence-corrected chi connectivity index (χ2v) is 6.56. The molecule has 7 heteroatoms. The van der Waals surface area contributed by atoms with Crippen molar-refractivity contribution in [3.63, 3.8) is 0 Å². The van der Waals surface area contributed by atoms with Crippen molar-refractivity contribution in [3.8, 4) is 22.1 Å². The Morgan fingerprint density at radius 1 is 1.17 bits per heavy atom. The largest absolute Gasteiger partial charge is 0.454 e. The fourth-order valence-corrected chi connectivity index (χ4v) is 3.50. The number of amides is 1. The van der Waals surface area contributed by atoms with E-state index in [1.807, 2.05) is 28.5 Å². The summed E-state index contributed by atoms with van der Waals surface area (Å²) in [5, 5.41) is 2.65. The van der Waals surface area contributed by atoms with Gasteiger partial charge in [0.15, 0.2) is 11.5 Å². The quantitative estimate of drug-likeness (QED) is 0.842. The highest BCUT2D eigenvalue weighted by atomic mass is 32.1. The summed E-state index contributed by atoms with van der Waals surface area (Å²) >= 11 is 1.48. The average Bonchev–Trinajstić information content (AvgIpc) is 3.23. The minimum Gasteiger partial charge on any atom is -0.454 e. The van der Waals surface area contributed by atoms with Crippen LogP contribution in [-0.2, 0) is 0 Å². The lowest BCUT2D eigenvalue weighted by molar-refractivity contribution is 0.0659. The molecule has 2 aromatic rings. The van der Waals surface area contributed by atoms with Crippen LogP contribution >= 0.6 is 11.3 Å². The minimum absolute atomic E-state index is 0.0151. The maximum absolute atomic E-state index is 12.5. The standard InChI is InChI=1S/C16H17N3O3S/c1-18-4-6-19(7-5-18)16(20)12-9-23-15(17-12)11-2-3-13-14(8-11)22-10-21-13/h2-3,8-9H,4-7,10H2,1H3. The number of thiazole rings is 1. The van der Waals surface area contributed by atoms with Crippen molar-refractivity contribution in [1.82, 2.24) is 14.8 Å². The maximum Gasteiger partial charge on any atom is 0.273 e. The van der Waals surface area contributed by atoms with Gasteiger partial charge in [0, 0.05) is 37.1 Å². The lowest BCUT2D eigenvalue weighted by atomic mass is 10.2. The van der Waals surface area contributed by atoms with Crippen molar-refractivity contribution in [2.75, 3.05) is 40.0 Å². The van der Waals surface area contributed by atoms with Gasteiger partial charge >= 0.3 is 0 Å². The molecular weight excluding hydrogens is 314 g/mol. The Labute approximate surface area is 138 Å². The molecule has 0 atom stereocenters. The van der Waals surface area contributed by atoms with E-state index in [2.05, 4.69) is 16.9 Å². The molecule has 1 fully saturated rings. The van der Waals surface area contributed by atoms with E-state index in [1.54, 1.807) is 0 Å². The Morgan fingerprint density at radius 2 is 1.96 bits per heavy atom. The molecule has 1 saturated heterocycles. The molecule has 2 aliphatic heterocycles. The molecule has 1 amide bonds. The molecule has 1 aromatic heterocycles. The first-order valence-corrected chi connectivity index (χ1v) is 8.42. The number of fused-ring (bicyclic) bond motifs is 1. The summed E-state index contributed by atoms with van der Waals surface area (Å²) in [6, 6.07) is 5.72. The summed E-state index contributed by atoms with van der Waals surface area (Å²) in [4.78, 5) is 21.2. The van der Waals surface area contributed by atoms with E-state index in [0.717, 1.165) is 48.2 Å². The maximum atomic E-state index is 12.5. The number of piperazine rings is 1. The predicted octanol–water partition coefficient (Wildman–Crippen LogP) is 1.93. The van der Waals surface area contributed by atoms with Crippen LogP contribution in [0.4, 0.5) is 0 Å². The van der Waals surface area contributed by atoms with Crippen molar-refractivity contribution in [2.24, 2.45) is 0 Å². The van der Waals surface area contributed by atoms with Gasteiger partial charge in [0.2, 0.25) is 6.79 Å². The Bertz CT molecular complexity index is 738. The lowest BCUT2D eigenvalue weighted by Gasteiger charge is -2.31. The van der Waals surface area contributed by atoms with E-state index in [4.69, 9.17) is 9.47 Å². The molecule has 0 N–H and O–H groups in total. The van der Waals surface area contributed by atoms with E-state index < -0.39 is 0 Å². The summed E-state index contributed by atoms with van der Waals surface area (Å²) in [5.41, 5.74) is 1.46. The zero-order valence-corrected chi connectivity index (χ0v) is 13.6. The Balaban J connectivity index is 1.53. The Hall–Kier alpha value is -2.12. The van der Waals surface area contributed by atoms with E-state index in [-0.39, 0.29) is 12.7 Å². The van der Waals surface area contributed by atoms with Crippen LogP contribution < -0.4 is 9.47 Å². The Kier molecular flexibility index (Phi) is 3.66. The molecule has 3 heterocycles. The molecule has 0 aliphatic carbocycles. The molecule has 0 radical (unpaired) electrons. The van der Waals surface area contributed by atoms with Crippen molar-refractivity contribution >= 4 is 17.2 Å². The summed E-state index contributed by atoms with van der Waals surface area (Å²) < 4.78 is 10.7. The second-order valence-electron chi connectivity index (χ2n) is 5.70. The smallest absolute Gasteiger partial charge is 0.273 e. The summed E-state index contributed by atoms with van der Waals surface area (Å²) in [7, 11) is 2.07. The van der Waals surface area contributed by atoms with Gasteiger partial charge in [-0.05, 0) is 25.2 Å². The van der Waals surface area contributed by atoms with Gasteiger partial charge in [0.25, 0.3) is 5.91 Å². The van der Waals surface area contributed by atoms with Gasteiger partial charge in [-0.1, -0.05) is 0 Å².